The average Bonchev–Trinajstić information content (AvgIpc) is 2.46. The first-order chi connectivity index (χ1) is 8.77. The fourth-order valence-corrected chi connectivity index (χ4v) is 3.51. The van der Waals surface area contributed by atoms with Crippen molar-refractivity contribution in [3.63, 3.8) is 0 Å². The van der Waals surface area contributed by atoms with Crippen molar-refractivity contribution in [2.24, 2.45) is 0 Å². The summed E-state index contributed by atoms with van der Waals surface area (Å²) in [5, 5.41) is 10.7. The highest BCUT2D eigenvalue weighted by Gasteiger charge is 2.14. The fraction of sp³-hybridized carbons (Fsp3) is 0.143. The Kier molecular flexibility index (Phi) is 4.19. The fourth-order valence-electron chi connectivity index (χ4n) is 1.86. The van der Waals surface area contributed by atoms with Gasteiger partial charge < -0.3 is 14.4 Å². The van der Waals surface area contributed by atoms with Crippen LogP contribution < -0.4 is 15.3 Å². The van der Waals surface area contributed by atoms with Crippen LogP contribution in [0.1, 0.15) is 5.56 Å². The minimum Gasteiger partial charge on any atom is -0.496 e. The molecule has 1 unspecified atom stereocenters. The first-order valence-electron chi connectivity index (χ1n) is 5.64. The third-order valence-electron chi connectivity index (χ3n) is 2.78. The number of hydrogen-bond acceptors (Lipinski definition) is 3. The second kappa shape index (κ2) is 5.85. The van der Waals surface area contributed by atoms with E-state index in [4.69, 9.17) is 4.74 Å². The summed E-state index contributed by atoms with van der Waals surface area (Å²) in [6, 6.07) is 14.5. The minimum atomic E-state index is -2.16. The molecule has 0 aliphatic carbocycles. The molecular weight excluding hydrogens is 247 g/mol. The van der Waals surface area contributed by atoms with Gasteiger partial charge in [-0.2, -0.15) is 0 Å². The van der Waals surface area contributed by atoms with Crippen LogP contribution in [0.25, 0.3) is 0 Å². The van der Waals surface area contributed by atoms with Crippen molar-refractivity contribution in [2.45, 2.75) is 6.61 Å². The van der Waals surface area contributed by atoms with Crippen molar-refractivity contribution in [3.05, 3.63) is 54.1 Å². The SMILES string of the molecule is COc1ccccc1[PH](=O)c1ccccc1CO. The molecule has 0 saturated carbocycles. The zero-order valence-corrected chi connectivity index (χ0v) is 11.1. The van der Waals surface area contributed by atoms with E-state index in [2.05, 4.69) is 0 Å². The summed E-state index contributed by atoms with van der Waals surface area (Å²) >= 11 is 0. The molecule has 0 spiro atoms. The Morgan fingerprint density at radius 1 is 1.06 bits per heavy atom. The molecule has 1 atom stereocenters. The Bertz CT molecular complexity index is 517. The monoisotopic (exact) mass is 262 g/mol. The highest BCUT2D eigenvalue weighted by Crippen LogP contribution is 2.26. The van der Waals surface area contributed by atoms with Gasteiger partial charge in [-0.3, -0.25) is 0 Å². The number of ether oxygens (including phenoxy) is 1. The number of benzene rings is 2. The molecule has 4 heteroatoms. The van der Waals surface area contributed by atoms with Gasteiger partial charge in [0.1, 0.15) is 13.6 Å². The van der Waals surface area contributed by atoms with Gasteiger partial charge in [-0.15, -0.1) is 0 Å². The third kappa shape index (κ3) is 2.47. The molecule has 18 heavy (non-hydrogen) atoms. The lowest BCUT2D eigenvalue weighted by atomic mass is 10.2. The molecule has 0 aromatic heterocycles. The summed E-state index contributed by atoms with van der Waals surface area (Å²) in [4.78, 5) is 0. The van der Waals surface area contributed by atoms with Crippen LogP contribution in [0.3, 0.4) is 0 Å². The van der Waals surface area contributed by atoms with Crippen molar-refractivity contribution in [1.29, 1.82) is 0 Å². The van der Waals surface area contributed by atoms with Crippen LogP contribution >= 0.6 is 7.80 Å². The van der Waals surface area contributed by atoms with E-state index >= 15 is 0 Å². The molecule has 0 bridgehead atoms. The molecule has 0 fully saturated rings. The summed E-state index contributed by atoms with van der Waals surface area (Å²) < 4.78 is 17.8. The van der Waals surface area contributed by atoms with E-state index in [0.717, 1.165) is 0 Å². The van der Waals surface area contributed by atoms with Crippen LogP contribution in [0.5, 0.6) is 5.75 Å². The van der Waals surface area contributed by atoms with Gasteiger partial charge in [-0.05, 0) is 17.7 Å². The summed E-state index contributed by atoms with van der Waals surface area (Å²) in [5.74, 6) is 0.620. The lowest BCUT2D eigenvalue weighted by molar-refractivity contribution is 0.283. The summed E-state index contributed by atoms with van der Waals surface area (Å²) in [6.45, 7) is -0.109. The number of methoxy groups -OCH3 is 1. The normalized spacial score (nSPS) is 12.1. The average molecular weight is 262 g/mol. The second-order valence-electron chi connectivity index (χ2n) is 3.84. The van der Waals surface area contributed by atoms with Crippen LogP contribution in [-0.4, -0.2) is 12.2 Å². The Labute approximate surface area is 107 Å². The van der Waals surface area contributed by atoms with Gasteiger partial charge in [0.15, 0.2) is 0 Å². The van der Waals surface area contributed by atoms with Gasteiger partial charge in [0, 0.05) is 5.30 Å². The molecule has 0 heterocycles. The maximum absolute atomic E-state index is 12.6. The highest BCUT2D eigenvalue weighted by atomic mass is 31.1. The Hall–Kier alpha value is -1.57. The first kappa shape index (κ1) is 12.9. The van der Waals surface area contributed by atoms with E-state index in [0.29, 0.717) is 21.9 Å². The molecule has 0 aliphatic heterocycles. The zero-order chi connectivity index (χ0) is 13.0. The van der Waals surface area contributed by atoms with Crippen molar-refractivity contribution in [1.82, 2.24) is 0 Å². The standard InChI is InChI=1S/C14H15O3P/c1-17-12-7-3-5-9-14(12)18(16)13-8-4-2-6-11(13)10-15/h2-9,15,18H,10H2,1H3. The number of aliphatic hydroxyl groups excluding tert-OH is 1. The molecule has 2 rings (SSSR count). The van der Waals surface area contributed by atoms with Gasteiger partial charge >= 0.3 is 0 Å². The lowest BCUT2D eigenvalue weighted by Crippen LogP contribution is -2.13. The highest BCUT2D eigenvalue weighted by molar-refractivity contribution is 7.61. The lowest BCUT2D eigenvalue weighted by Gasteiger charge is -2.10. The van der Waals surface area contributed by atoms with Crippen LogP contribution in [-0.2, 0) is 11.2 Å². The van der Waals surface area contributed by atoms with Crippen molar-refractivity contribution >= 4 is 18.4 Å². The van der Waals surface area contributed by atoms with Crippen molar-refractivity contribution < 1.29 is 14.4 Å². The van der Waals surface area contributed by atoms with Crippen molar-refractivity contribution in [2.75, 3.05) is 7.11 Å². The first-order valence-corrected chi connectivity index (χ1v) is 7.05. The zero-order valence-electron chi connectivity index (χ0n) is 10.1. The smallest absolute Gasteiger partial charge is 0.135 e. The molecule has 94 valence electrons. The number of para-hydroxylation sites is 1. The molecule has 0 amide bonds. The maximum Gasteiger partial charge on any atom is 0.135 e. The molecular formula is C14H15O3P. The van der Waals surface area contributed by atoms with Crippen LogP contribution in [0.4, 0.5) is 0 Å². The molecule has 3 nitrogen and oxygen atoms in total. The van der Waals surface area contributed by atoms with Gasteiger partial charge in [0.2, 0.25) is 0 Å². The molecule has 0 aliphatic rings. The predicted molar refractivity (Wildman–Crippen MR) is 73.6 cm³/mol. The summed E-state index contributed by atoms with van der Waals surface area (Å²) in [6.07, 6.45) is 0. The summed E-state index contributed by atoms with van der Waals surface area (Å²) in [5.41, 5.74) is 0.701. The minimum absolute atomic E-state index is 0.109. The Morgan fingerprint density at radius 3 is 2.33 bits per heavy atom. The third-order valence-corrected chi connectivity index (χ3v) is 4.66. The number of aliphatic hydroxyl groups is 1. The predicted octanol–water partition coefficient (Wildman–Crippen LogP) is 1.70. The van der Waals surface area contributed by atoms with Crippen LogP contribution in [0, 0.1) is 0 Å². The van der Waals surface area contributed by atoms with Gasteiger partial charge in [0.25, 0.3) is 0 Å². The summed E-state index contributed by atoms with van der Waals surface area (Å²) in [7, 11) is -0.602. The van der Waals surface area contributed by atoms with Crippen molar-refractivity contribution in [3.8, 4) is 5.75 Å². The molecule has 2 aromatic carbocycles. The number of rotatable bonds is 4. The van der Waals surface area contributed by atoms with E-state index in [1.807, 2.05) is 24.3 Å². The second-order valence-corrected chi connectivity index (χ2v) is 5.58. The van der Waals surface area contributed by atoms with Gasteiger partial charge in [-0.1, -0.05) is 36.4 Å². The van der Waals surface area contributed by atoms with E-state index in [1.165, 1.54) is 0 Å². The van der Waals surface area contributed by atoms with Crippen LogP contribution in [0.15, 0.2) is 48.5 Å². The van der Waals surface area contributed by atoms with Crippen LogP contribution in [0.2, 0.25) is 0 Å². The van der Waals surface area contributed by atoms with E-state index < -0.39 is 7.80 Å². The Balaban J connectivity index is 2.48. The van der Waals surface area contributed by atoms with E-state index in [1.54, 1.807) is 31.4 Å². The largest absolute Gasteiger partial charge is 0.496 e. The van der Waals surface area contributed by atoms with E-state index in [9.17, 15) is 9.67 Å². The topological polar surface area (TPSA) is 46.5 Å². The van der Waals surface area contributed by atoms with Gasteiger partial charge in [-0.25, -0.2) is 0 Å². The van der Waals surface area contributed by atoms with Gasteiger partial charge in [0.05, 0.1) is 19.0 Å². The maximum atomic E-state index is 12.6. The Morgan fingerprint density at radius 2 is 1.67 bits per heavy atom. The number of hydrogen-bond donors (Lipinski definition) is 1. The molecule has 0 radical (unpaired) electrons. The quantitative estimate of drug-likeness (QED) is 0.853. The van der Waals surface area contributed by atoms with E-state index in [-0.39, 0.29) is 6.61 Å². The molecule has 0 saturated heterocycles. The molecule has 1 N–H and O–H groups in total. The molecule has 2 aromatic rings.